The molecule has 25 heavy (non-hydrogen) atoms. The van der Waals surface area contributed by atoms with Gasteiger partial charge in [-0.1, -0.05) is 55.8 Å². The molecule has 1 aliphatic heterocycles. The standard InChI is InChI=1S/C20H19ClN2OS/c1-12(2)15-9-7-14(8-10-15)11-18-19(24)23-20(25-18)22-17-6-4-5-16(21)13(17)3/h4-12H,1-3H3,(H,22,23,24)/b18-11-. The predicted molar refractivity (Wildman–Crippen MR) is 108 cm³/mol. The van der Waals surface area contributed by atoms with Gasteiger partial charge in [0.05, 0.1) is 10.6 Å². The molecule has 1 fully saturated rings. The maximum Gasteiger partial charge on any atom is 0.264 e. The monoisotopic (exact) mass is 370 g/mol. The van der Waals surface area contributed by atoms with Crippen molar-refractivity contribution in [2.45, 2.75) is 26.7 Å². The number of thioether (sulfide) groups is 1. The molecule has 0 radical (unpaired) electrons. The average Bonchev–Trinajstić information content (AvgIpc) is 2.92. The predicted octanol–water partition coefficient (Wildman–Crippen LogP) is 5.66. The average molecular weight is 371 g/mol. The molecule has 2 aromatic carbocycles. The van der Waals surface area contributed by atoms with Crippen molar-refractivity contribution in [2.75, 3.05) is 0 Å². The Kier molecular flexibility index (Phi) is 5.30. The number of carbonyl (C=O) groups is 1. The second-order valence-corrected chi connectivity index (χ2v) is 7.62. The molecule has 0 aromatic heterocycles. The lowest BCUT2D eigenvalue weighted by Crippen LogP contribution is -2.19. The molecule has 1 aliphatic rings. The van der Waals surface area contributed by atoms with Crippen LogP contribution in [0.4, 0.5) is 5.69 Å². The Labute approximate surface area is 157 Å². The van der Waals surface area contributed by atoms with Crippen LogP contribution in [0.2, 0.25) is 5.02 Å². The van der Waals surface area contributed by atoms with Crippen molar-refractivity contribution in [2.24, 2.45) is 4.99 Å². The minimum absolute atomic E-state index is 0.128. The molecule has 0 bridgehead atoms. The van der Waals surface area contributed by atoms with Crippen LogP contribution < -0.4 is 5.32 Å². The van der Waals surface area contributed by atoms with Crippen LogP contribution in [-0.2, 0) is 4.79 Å². The Morgan fingerprint density at radius 1 is 1.16 bits per heavy atom. The molecule has 1 heterocycles. The van der Waals surface area contributed by atoms with Gasteiger partial charge in [-0.2, -0.15) is 0 Å². The first-order chi connectivity index (χ1) is 11.9. The van der Waals surface area contributed by atoms with Crippen LogP contribution in [0.5, 0.6) is 0 Å². The highest BCUT2D eigenvalue weighted by atomic mass is 35.5. The number of nitrogens with one attached hydrogen (secondary N) is 1. The van der Waals surface area contributed by atoms with Gasteiger partial charge in [-0.3, -0.25) is 4.79 Å². The summed E-state index contributed by atoms with van der Waals surface area (Å²) in [6.45, 7) is 6.23. The van der Waals surface area contributed by atoms with Crippen LogP contribution in [0.15, 0.2) is 52.4 Å². The second kappa shape index (κ2) is 7.46. The summed E-state index contributed by atoms with van der Waals surface area (Å²) in [5.74, 6) is 0.363. The van der Waals surface area contributed by atoms with Crippen molar-refractivity contribution >= 4 is 46.2 Å². The van der Waals surface area contributed by atoms with Crippen LogP contribution in [0.3, 0.4) is 0 Å². The zero-order valence-electron chi connectivity index (χ0n) is 14.3. The molecule has 1 saturated heterocycles. The van der Waals surface area contributed by atoms with Crippen molar-refractivity contribution in [3.05, 3.63) is 69.1 Å². The minimum atomic E-state index is -0.128. The molecule has 128 valence electrons. The first-order valence-electron chi connectivity index (χ1n) is 8.08. The van der Waals surface area contributed by atoms with E-state index in [1.807, 2.05) is 43.3 Å². The highest BCUT2D eigenvalue weighted by Crippen LogP contribution is 2.31. The molecule has 1 N–H and O–H groups in total. The van der Waals surface area contributed by atoms with Gasteiger partial charge in [0.1, 0.15) is 0 Å². The fraction of sp³-hybridized carbons (Fsp3) is 0.200. The number of amides is 1. The van der Waals surface area contributed by atoms with E-state index in [1.54, 1.807) is 0 Å². The molecular formula is C20H19ClN2OS. The third-order valence-corrected chi connectivity index (χ3v) is 5.33. The Bertz CT molecular complexity index is 870. The summed E-state index contributed by atoms with van der Waals surface area (Å²) in [5, 5.41) is 4.05. The van der Waals surface area contributed by atoms with Gasteiger partial charge in [0, 0.05) is 5.02 Å². The van der Waals surface area contributed by atoms with Gasteiger partial charge in [-0.25, -0.2) is 4.99 Å². The number of halogens is 1. The molecule has 0 unspecified atom stereocenters. The summed E-state index contributed by atoms with van der Waals surface area (Å²) in [4.78, 5) is 17.4. The topological polar surface area (TPSA) is 41.5 Å². The van der Waals surface area contributed by atoms with Crippen LogP contribution in [0.1, 0.15) is 36.5 Å². The van der Waals surface area contributed by atoms with E-state index < -0.39 is 0 Å². The third-order valence-electron chi connectivity index (χ3n) is 4.01. The number of benzene rings is 2. The summed E-state index contributed by atoms with van der Waals surface area (Å²) in [7, 11) is 0. The van der Waals surface area contributed by atoms with Crippen molar-refractivity contribution in [1.82, 2.24) is 5.32 Å². The Morgan fingerprint density at radius 2 is 1.88 bits per heavy atom. The maximum absolute atomic E-state index is 12.2. The Hall–Kier alpha value is -2.04. The van der Waals surface area contributed by atoms with E-state index >= 15 is 0 Å². The number of amidine groups is 1. The van der Waals surface area contributed by atoms with E-state index in [0.717, 1.165) is 16.8 Å². The summed E-state index contributed by atoms with van der Waals surface area (Å²) in [6, 6.07) is 13.8. The second-order valence-electron chi connectivity index (χ2n) is 6.19. The zero-order valence-corrected chi connectivity index (χ0v) is 15.9. The Morgan fingerprint density at radius 3 is 2.56 bits per heavy atom. The summed E-state index contributed by atoms with van der Waals surface area (Å²) >= 11 is 7.46. The van der Waals surface area contributed by atoms with Crippen LogP contribution in [0, 0.1) is 6.92 Å². The van der Waals surface area contributed by atoms with E-state index in [4.69, 9.17) is 11.6 Å². The van der Waals surface area contributed by atoms with Crippen LogP contribution in [0.25, 0.3) is 6.08 Å². The molecule has 0 atom stereocenters. The fourth-order valence-electron chi connectivity index (χ4n) is 2.44. The molecule has 5 heteroatoms. The van der Waals surface area contributed by atoms with Gasteiger partial charge in [0.25, 0.3) is 5.91 Å². The van der Waals surface area contributed by atoms with Crippen LogP contribution >= 0.6 is 23.4 Å². The number of hydrogen-bond donors (Lipinski definition) is 1. The van der Waals surface area contributed by atoms with E-state index in [1.165, 1.54) is 17.3 Å². The van der Waals surface area contributed by atoms with Gasteiger partial charge < -0.3 is 5.32 Å². The summed E-state index contributed by atoms with van der Waals surface area (Å²) in [5.41, 5.74) is 3.94. The van der Waals surface area contributed by atoms with E-state index in [2.05, 4.69) is 36.3 Å². The fourth-order valence-corrected chi connectivity index (χ4v) is 3.44. The van der Waals surface area contributed by atoms with Crippen molar-refractivity contribution < 1.29 is 4.79 Å². The molecular weight excluding hydrogens is 352 g/mol. The molecule has 0 aliphatic carbocycles. The first-order valence-corrected chi connectivity index (χ1v) is 9.28. The molecule has 0 saturated carbocycles. The molecule has 3 rings (SSSR count). The zero-order chi connectivity index (χ0) is 18.0. The van der Waals surface area contributed by atoms with Crippen molar-refractivity contribution in [3.63, 3.8) is 0 Å². The molecule has 3 nitrogen and oxygen atoms in total. The van der Waals surface area contributed by atoms with Gasteiger partial charge in [0.2, 0.25) is 0 Å². The van der Waals surface area contributed by atoms with E-state index in [9.17, 15) is 4.79 Å². The largest absolute Gasteiger partial charge is 0.300 e. The molecule has 1 amide bonds. The minimum Gasteiger partial charge on any atom is -0.300 e. The maximum atomic E-state index is 12.2. The lowest BCUT2D eigenvalue weighted by Gasteiger charge is -2.04. The number of hydrogen-bond acceptors (Lipinski definition) is 3. The SMILES string of the molecule is Cc1c(Cl)cccc1N=C1NC(=O)/C(=C/c2ccc(C(C)C)cc2)S1. The van der Waals surface area contributed by atoms with Crippen molar-refractivity contribution in [3.8, 4) is 0 Å². The van der Waals surface area contributed by atoms with E-state index in [-0.39, 0.29) is 5.91 Å². The van der Waals surface area contributed by atoms with E-state index in [0.29, 0.717) is 21.0 Å². The highest BCUT2D eigenvalue weighted by Gasteiger charge is 2.24. The molecule has 0 spiro atoms. The first kappa shape index (κ1) is 17.8. The highest BCUT2D eigenvalue weighted by molar-refractivity contribution is 8.18. The van der Waals surface area contributed by atoms with Gasteiger partial charge >= 0.3 is 0 Å². The van der Waals surface area contributed by atoms with Crippen LogP contribution in [-0.4, -0.2) is 11.1 Å². The van der Waals surface area contributed by atoms with Gasteiger partial charge in [-0.05, 0) is 59.5 Å². The number of rotatable bonds is 3. The number of aliphatic imine (C=N–C) groups is 1. The lowest BCUT2D eigenvalue weighted by atomic mass is 10.0. The molecule has 2 aromatic rings. The summed E-state index contributed by atoms with van der Waals surface area (Å²) < 4.78 is 0. The van der Waals surface area contributed by atoms with Gasteiger partial charge in [0.15, 0.2) is 5.17 Å². The lowest BCUT2D eigenvalue weighted by molar-refractivity contribution is -0.115. The normalized spacial score (nSPS) is 17.6. The third kappa shape index (κ3) is 4.14. The summed E-state index contributed by atoms with van der Waals surface area (Å²) in [6.07, 6.45) is 1.89. The van der Waals surface area contributed by atoms with Gasteiger partial charge in [-0.15, -0.1) is 0 Å². The number of nitrogens with zero attached hydrogens (tertiary/aromatic N) is 1. The smallest absolute Gasteiger partial charge is 0.264 e. The number of carbonyl (C=O) groups excluding carboxylic acids is 1. The Balaban J connectivity index is 1.82. The quantitative estimate of drug-likeness (QED) is 0.708. The van der Waals surface area contributed by atoms with Crippen molar-refractivity contribution in [1.29, 1.82) is 0 Å².